The Morgan fingerprint density at radius 2 is 1.61 bits per heavy atom. The molecule has 0 aliphatic rings. The molecule has 0 bridgehead atoms. The molecule has 0 aliphatic carbocycles. The lowest BCUT2D eigenvalue weighted by Gasteiger charge is -2.07. The van der Waals surface area contributed by atoms with Gasteiger partial charge in [0.2, 0.25) is 0 Å². The van der Waals surface area contributed by atoms with Crippen LogP contribution >= 0.6 is 11.3 Å². The first-order valence-electron chi connectivity index (χ1n) is 8.89. The third-order valence-electron chi connectivity index (χ3n) is 4.49. The van der Waals surface area contributed by atoms with Gasteiger partial charge in [-0.15, -0.1) is 11.3 Å². The molecule has 1 N–H and O–H groups in total. The molecule has 5 rings (SSSR count). The van der Waals surface area contributed by atoms with Gasteiger partial charge in [-0.1, -0.05) is 48.5 Å². The van der Waals surface area contributed by atoms with Crippen molar-refractivity contribution in [1.82, 2.24) is 9.97 Å². The molecule has 0 fully saturated rings. The summed E-state index contributed by atoms with van der Waals surface area (Å²) in [6.07, 6.45) is 0. The average Bonchev–Trinajstić information content (AvgIpc) is 3.18. The normalized spacial score (nSPS) is 11.0. The fourth-order valence-corrected chi connectivity index (χ4v) is 4.08. The highest BCUT2D eigenvalue weighted by atomic mass is 32.1. The summed E-state index contributed by atoms with van der Waals surface area (Å²) < 4.78 is 1.15. The second-order valence-corrected chi connectivity index (χ2v) is 7.44. The maximum atomic E-state index is 12.7. The molecule has 0 unspecified atom stereocenters. The highest BCUT2D eigenvalue weighted by Crippen LogP contribution is 2.31. The fourth-order valence-electron chi connectivity index (χ4n) is 3.11. The van der Waals surface area contributed by atoms with Gasteiger partial charge in [-0.2, -0.15) is 0 Å². The molecule has 0 radical (unpaired) electrons. The molecule has 4 nitrogen and oxygen atoms in total. The fraction of sp³-hybridized carbons (Fsp3) is 0. The Hall–Kier alpha value is -3.57. The van der Waals surface area contributed by atoms with Gasteiger partial charge in [-0.25, -0.2) is 9.97 Å². The molecule has 0 spiro atoms. The lowest BCUT2D eigenvalue weighted by molar-refractivity contribution is 0.102. The first-order chi connectivity index (χ1) is 13.8. The summed E-state index contributed by atoms with van der Waals surface area (Å²) in [6, 6.07) is 27.2. The highest BCUT2D eigenvalue weighted by molar-refractivity contribution is 7.21. The van der Waals surface area contributed by atoms with E-state index in [0.29, 0.717) is 5.69 Å². The summed E-state index contributed by atoms with van der Waals surface area (Å²) in [5.74, 6) is -0.229. The summed E-state index contributed by atoms with van der Waals surface area (Å²) in [7, 11) is 0. The van der Waals surface area contributed by atoms with Crippen LogP contribution < -0.4 is 5.32 Å². The predicted octanol–water partition coefficient (Wildman–Crippen LogP) is 5.76. The molecule has 134 valence electrons. The van der Waals surface area contributed by atoms with Crippen LogP contribution in [0, 0.1) is 0 Å². The lowest BCUT2D eigenvalue weighted by atomic mass is 10.2. The van der Waals surface area contributed by atoms with Crippen LogP contribution in [0.25, 0.3) is 31.7 Å². The van der Waals surface area contributed by atoms with Crippen molar-refractivity contribution >= 4 is 44.1 Å². The Balaban J connectivity index is 1.43. The molecule has 5 aromatic rings. The van der Waals surface area contributed by atoms with E-state index in [-0.39, 0.29) is 5.91 Å². The quantitative estimate of drug-likeness (QED) is 0.432. The number of amides is 1. The van der Waals surface area contributed by atoms with Crippen molar-refractivity contribution < 1.29 is 4.79 Å². The minimum Gasteiger partial charge on any atom is -0.321 e. The van der Waals surface area contributed by atoms with E-state index >= 15 is 0 Å². The van der Waals surface area contributed by atoms with Gasteiger partial charge in [-0.05, 0) is 36.4 Å². The minimum absolute atomic E-state index is 0.229. The number of carbonyl (C=O) groups excluding carboxylic acids is 1. The minimum atomic E-state index is -0.229. The molecule has 0 saturated carbocycles. The Bertz CT molecular complexity index is 1290. The van der Waals surface area contributed by atoms with Crippen LogP contribution in [0.2, 0.25) is 0 Å². The van der Waals surface area contributed by atoms with Crippen LogP contribution in [0.4, 0.5) is 5.69 Å². The van der Waals surface area contributed by atoms with Crippen LogP contribution in [0.3, 0.4) is 0 Å². The lowest BCUT2D eigenvalue weighted by Crippen LogP contribution is -2.13. The summed E-state index contributed by atoms with van der Waals surface area (Å²) in [4.78, 5) is 21.8. The number of fused-ring (bicyclic) bond motifs is 2. The van der Waals surface area contributed by atoms with Crippen molar-refractivity contribution in [2.75, 3.05) is 5.32 Å². The van der Waals surface area contributed by atoms with Gasteiger partial charge in [0.25, 0.3) is 5.91 Å². The van der Waals surface area contributed by atoms with Crippen molar-refractivity contribution in [3.63, 3.8) is 0 Å². The van der Waals surface area contributed by atoms with E-state index < -0.39 is 0 Å². The number of carbonyl (C=O) groups is 1. The maximum Gasteiger partial charge on any atom is 0.274 e. The Kier molecular flexibility index (Phi) is 4.07. The van der Waals surface area contributed by atoms with Gasteiger partial charge in [0, 0.05) is 16.6 Å². The number of thiazole rings is 1. The number of anilines is 1. The molecule has 2 heterocycles. The number of pyridine rings is 1. The number of hydrogen-bond donors (Lipinski definition) is 1. The van der Waals surface area contributed by atoms with Crippen molar-refractivity contribution in [2.24, 2.45) is 0 Å². The van der Waals surface area contributed by atoms with E-state index in [2.05, 4.69) is 21.4 Å². The molecule has 0 atom stereocenters. The number of para-hydroxylation sites is 2. The molecular formula is C23H15N3OS. The van der Waals surface area contributed by atoms with E-state index in [9.17, 15) is 4.79 Å². The Morgan fingerprint density at radius 3 is 2.50 bits per heavy atom. The average molecular weight is 381 g/mol. The standard InChI is InChI=1S/C23H15N3OS/c27-22(20-13-12-15-6-1-2-9-18(15)25-20)24-17-8-5-7-16(14-17)23-26-19-10-3-4-11-21(19)28-23/h1-14H,(H,24,27). The molecule has 28 heavy (non-hydrogen) atoms. The first kappa shape index (κ1) is 16.6. The zero-order chi connectivity index (χ0) is 18.9. The van der Waals surface area contributed by atoms with E-state index in [1.807, 2.05) is 72.8 Å². The van der Waals surface area contributed by atoms with Gasteiger partial charge in [0.1, 0.15) is 10.7 Å². The van der Waals surface area contributed by atoms with E-state index in [0.717, 1.165) is 37.4 Å². The SMILES string of the molecule is O=C(Nc1cccc(-c2nc3ccccc3s2)c1)c1ccc2ccccc2n1. The number of rotatable bonds is 3. The molecule has 0 aliphatic heterocycles. The van der Waals surface area contributed by atoms with Gasteiger partial charge < -0.3 is 5.32 Å². The third kappa shape index (κ3) is 3.12. The number of nitrogens with one attached hydrogen (secondary N) is 1. The highest BCUT2D eigenvalue weighted by Gasteiger charge is 2.11. The monoisotopic (exact) mass is 381 g/mol. The Labute approximate surface area is 165 Å². The van der Waals surface area contributed by atoms with Gasteiger partial charge >= 0.3 is 0 Å². The molecule has 5 heteroatoms. The van der Waals surface area contributed by atoms with Gasteiger partial charge in [-0.3, -0.25) is 4.79 Å². The summed E-state index contributed by atoms with van der Waals surface area (Å²) in [5, 5.41) is 4.88. The Morgan fingerprint density at radius 1 is 0.786 bits per heavy atom. The second kappa shape index (κ2) is 6.87. The molecule has 1 amide bonds. The van der Waals surface area contributed by atoms with Crippen LogP contribution in [0.5, 0.6) is 0 Å². The van der Waals surface area contributed by atoms with Gasteiger partial charge in [0.05, 0.1) is 15.7 Å². The summed E-state index contributed by atoms with van der Waals surface area (Å²) >= 11 is 1.64. The molecular weight excluding hydrogens is 366 g/mol. The number of nitrogens with zero attached hydrogens (tertiary/aromatic N) is 2. The van der Waals surface area contributed by atoms with E-state index in [1.54, 1.807) is 17.4 Å². The van der Waals surface area contributed by atoms with Crippen LogP contribution in [-0.4, -0.2) is 15.9 Å². The van der Waals surface area contributed by atoms with Crippen LogP contribution in [0.1, 0.15) is 10.5 Å². The maximum absolute atomic E-state index is 12.7. The summed E-state index contributed by atoms with van der Waals surface area (Å²) in [6.45, 7) is 0. The summed E-state index contributed by atoms with van der Waals surface area (Å²) in [5.41, 5.74) is 3.88. The van der Waals surface area contributed by atoms with Crippen LogP contribution in [0.15, 0.2) is 84.9 Å². The van der Waals surface area contributed by atoms with Crippen LogP contribution in [-0.2, 0) is 0 Å². The van der Waals surface area contributed by atoms with Crippen molar-refractivity contribution in [3.05, 3.63) is 90.6 Å². The van der Waals surface area contributed by atoms with Crippen molar-refractivity contribution in [1.29, 1.82) is 0 Å². The second-order valence-electron chi connectivity index (χ2n) is 6.41. The zero-order valence-electron chi connectivity index (χ0n) is 14.8. The number of hydrogen-bond acceptors (Lipinski definition) is 4. The molecule has 2 aromatic heterocycles. The van der Waals surface area contributed by atoms with Gasteiger partial charge in [0.15, 0.2) is 0 Å². The molecule has 3 aromatic carbocycles. The zero-order valence-corrected chi connectivity index (χ0v) is 15.6. The van der Waals surface area contributed by atoms with E-state index in [1.165, 1.54) is 0 Å². The third-order valence-corrected chi connectivity index (χ3v) is 5.58. The smallest absolute Gasteiger partial charge is 0.274 e. The van der Waals surface area contributed by atoms with Crippen molar-refractivity contribution in [2.45, 2.75) is 0 Å². The largest absolute Gasteiger partial charge is 0.321 e. The number of aromatic nitrogens is 2. The van der Waals surface area contributed by atoms with E-state index in [4.69, 9.17) is 0 Å². The first-order valence-corrected chi connectivity index (χ1v) is 9.71. The number of benzene rings is 3. The predicted molar refractivity (Wildman–Crippen MR) is 115 cm³/mol. The molecule has 0 saturated heterocycles. The topological polar surface area (TPSA) is 54.9 Å². The van der Waals surface area contributed by atoms with Crippen molar-refractivity contribution in [3.8, 4) is 10.6 Å².